The number of phenols is 4. The van der Waals surface area contributed by atoms with Crippen molar-refractivity contribution in [3.63, 3.8) is 0 Å². The molecule has 6 aromatic rings. The van der Waals surface area contributed by atoms with Crippen LogP contribution in [0.25, 0.3) is 44.6 Å². The zero-order chi connectivity index (χ0) is 48.2. The van der Waals surface area contributed by atoms with Gasteiger partial charge in [0.25, 0.3) is 0 Å². The van der Waals surface area contributed by atoms with Crippen LogP contribution in [0.15, 0.2) is 67.0 Å². The van der Waals surface area contributed by atoms with Crippen molar-refractivity contribution in [3.05, 3.63) is 80.1 Å². The molecule has 0 saturated carbocycles. The van der Waals surface area contributed by atoms with E-state index in [-0.39, 0.29) is 52.6 Å². The van der Waals surface area contributed by atoms with Crippen LogP contribution in [-0.4, -0.2) is 110 Å². The lowest BCUT2D eigenvalue weighted by Crippen LogP contribution is -2.55. The van der Waals surface area contributed by atoms with Gasteiger partial charge < -0.3 is 78.5 Å². The fourth-order valence-corrected chi connectivity index (χ4v) is 7.93. The number of aliphatic hydroxyl groups is 5. The van der Waals surface area contributed by atoms with Gasteiger partial charge in [0, 0.05) is 48.4 Å². The number of methoxy groups -OCH3 is 2. The summed E-state index contributed by atoms with van der Waals surface area (Å²) in [6, 6.07) is 9.94. The molecule has 4 heterocycles. The molecule has 67 heavy (non-hydrogen) atoms. The Morgan fingerprint density at radius 3 is 2.13 bits per heavy atom. The highest BCUT2D eigenvalue weighted by atomic mass is 17.2. The zero-order valence-corrected chi connectivity index (χ0v) is 36.6. The first-order valence-corrected chi connectivity index (χ1v) is 21.0. The predicted octanol–water partition coefficient (Wildman–Crippen LogP) is 3.90. The Morgan fingerprint density at radius 2 is 1.43 bits per heavy atom. The van der Waals surface area contributed by atoms with E-state index in [0.717, 1.165) is 35.9 Å². The lowest BCUT2D eigenvalue weighted by Gasteiger charge is -2.38. The third-order valence-corrected chi connectivity index (χ3v) is 11.8. The van der Waals surface area contributed by atoms with Crippen molar-refractivity contribution < 1.29 is 88.3 Å². The molecular formula is C47H48O20. The molecule has 20 heteroatoms. The average Bonchev–Trinajstić information content (AvgIpc) is 3.28. The number of benzene rings is 4. The summed E-state index contributed by atoms with van der Waals surface area (Å²) in [5, 5.41) is 93.9. The van der Waals surface area contributed by atoms with Crippen LogP contribution in [-0.2, 0) is 17.6 Å². The molecule has 0 bridgehead atoms. The molecule has 4 aromatic carbocycles. The Bertz CT molecular complexity index is 2990. The Morgan fingerprint density at radius 1 is 0.746 bits per heavy atom. The van der Waals surface area contributed by atoms with Crippen molar-refractivity contribution in [2.24, 2.45) is 5.92 Å². The molecule has 0 radical (unpaired) electrons. The van der Waals surface area contributed by atoms with Gasteiger partial charge in [-0.25, -0.2) is 0 Å². The number of hydrogen-bond donors (Lipinski definition) is 9. The summed E-state index contributed by atoms with van der Waals surface area (Å²) in [7, 11) is 2.42. The molecule has 2 aliphatic rings. The smallest absolute Gasteiger partial charge is 0.239 e. The number of hydrogen-bond acceptors (Lipinski definition) is 20. The van der Waals surface area contributed by atoms with Gasteiger partial charge in [0.2, 0.25) is 45.9 Å². The van der Waals surface area contributed by atoms with Gasteiger partial charge in [0.05, 0.1) is 26.9 Å². The first kappa shape index (κ1) is 46.6. The first-order valence-electron chi connectivity index (χ1n) is 21.0. The fourth-order valence-electron chi connectivity index (χ4n) is 7.93. The van der Waals surface area contributed by atoms with Gasteiger partial charge in [-0.1, -0.05) is 6.92 Å². The van der Waals surface area contributed by atoms with E-state index in [2.05, 4.69) is 0 Å². The molecule has 0 spiro atoms. The van der Waals surface area contributed by atoms with E-state index in [1.54, 1.807) is 26.0 Å². The number of aliphatic hydroxyl groups excluding tert-OH is 5. The Balaban J connectivity index is 1.21. The summed E-state index contributed by atoms with van der Waals surface area (Å²) >= 11 is 0. The third kappa shape index (κ3) is 8.54. The van der Waals surface area contributed by atoms with Crippen LogP contribution in [0.2, 0.25) is 0 Å². The Kier molecular flexibility index (Phi) is 12.5. The van der Waals surface area contributed by atoms with Crippen LogP contribution in [0.1, 0.15) is 38.3 Å². The minimum Gasteiger partial charge on any atom is -0.508 e. The summed E-state index contributed by atoms with van der Waals surface area (Å²) in [4.78, 5) is 39.8. The highest BCUT2D eigenvalue weighted by Crippen LogP contribution is 2.47. The van der Waals surface area contributed by atoms with Crippen LogP contribution in [0.3, 0.4) is 0 Å². The Labute approximate surface area is 379 Å². The van der Waals surface area contributed by atoms with E-state index in [0.29, 0.717) is 29.7 Å². The summed E-state index contributed by atoms with van der Waals surface area (Å²) in [6.45, 7) is 4.92. The molecule has 0 aliphatic carbocycles. The van der Waals surface area contributed by atoms with E-state index in [1.807, 2.05) is 6.92 Å². The molecule has 9 N–H and O–H groups in total. The lowest BCUT2D eigenvalue weighted by molar-refractivity contribution is -0.242. The molecule has 20 nitrogen and oxygen atoms in total. The van der Waals surface area contributed by atoms with Crippen LogP contribution in [0.4, 0.5) is 0 Å². The molecule has 6 atom stereocenters. The molecule has 2 aromatic heterocycles. The number of aryl methyl sites for hydroxylation is 1. The topological polar surface area (TPSA) is 307 Å². The molecular weight excluding hydrogens is 884 g/mol. The standard InChI is InChI=1S/C47H48O20/c1-19(17-48)6-7-20-10-22(11-23-13-32(54)47(2,3)65-39(20)23)41-44(60-5)37(57)34-31(63-41)16-27(52)42(59-4)43(34)67-66-29-12-21(8-9-25(29)50)40-45(64-46-38(58)35(55)28(53)18-61-46)36(56)33-26(51)14-24(49)15-30(33)62-40/h8-12,14-16,19,28,32,35,38,46,48-55,58H,6-7,13,17-18H2,1-5H3/t19?,28-,32?,35+,38-,46+/m1/s1. The fraction of sp³-hybridized carbons (Fsp3) is 0.362. The normalized spacial score (nSPS) is 20.5. The van der Waals surface area contributed by atoms with E-state index >= 15 is 0 Å². The van der Waals surface area contributed by atoms with Crippen molar-refractivity contribution in [3.8, 4) is 80.1 Å². The minimum atomic E-state index is -1.87. The minimum absolute atomic E-state index is 0.0371. The summed E-state index contributed by atoms with van der Waals surface area (Å²) in [5.41, 5.74) is -1.64. The largest absolute Gasteiger partial charge is 0.508 e. The second kappa shape index (κ2) is 18.0. The van der Waals surface area contributed by atoms with Crippen LogP contribution < -0.4 is 39.6 Å². The highest BCUT2D eigenvalue weighted by molar-refractivity contribution is 5.92. The molecule has 1 fully saturated rings. The number of rotatable bonds is 13. The molecule has 2 aliphatic heterocycles. The predicted molar refractivity (Wildman–Crippen MR) is 234 cm³/mol. The SMILES string of the molecule is COc1c(O)cc2oc(-c3cc(CCC(C)CO)c4c(c3)CC(O)C(C)(C)O4)c(OC)c(=O)c2c1OOc1cc(-c2oc3cc(O)cc(O)c3c(=O)c2O[C@@H]2OC[C@@H](O)[C@H](O)[C@H]2O)ccc1O. The van der Waals surface area contributed by atoms with Gasteiger partial charge in [-0.15, -0.1) is 0 Å². The number of ether oxygens (including phenoxy) is 5. The summed E-state index contributed by atoms with van der Waals surface area (Å²) in [6.07, 6.45) is -6.46. The van der Waals surface area contributed by atoms with E-state index in [9.17, 15) is 55.5 Å². The monoisotopic (exact) mass is 932 g/mol. The van der Waals surface area contributed by atoms with Crippen molar-refractivity contribution in [2.45, 2.75) is 76.3 Å². The van der Waals surface area contributed by atoms with Crippen LogP contribution in [0, 0.1) is 5.92 Å². The van der Waals surface area contributed by atoms with E-state index in [4.69, 9.17) is 42.3 Å². The average molecular weight is 933 g/mol. The van der Waals surface area contributed by atoms with Gasteiger partial charge in [0.15, 0.2) is 23.0 Å². The van der Waals surface area contributed by atoms with Gasteiger partial charge in [-0.2, -0.15) is 0 Å². The van der Waals surface area contributed by atoms with Crippen molar-refractivity contribution in [2.75, 3.05) is 27.4 Å². The zero-order valence-electron chi connectivity index (χ0n) is 36.6. The molecule has 1 saturated heterocycles. The van der Waals surface area contributed by atoms with Crippen molar-refractivity contribution >= 4 is 21.9 Å². The maximum Gasteiger partial charge on any atom is 0.239 e. The lowest BCUT2D eigenvalue weighted by atomic mass is 9.87. The molecule has 356 valence electrons. The molecule has 2 unspecified atom stereocenters. The number of aromatic hydroxyl groups is 4. The molecule has 0 amide bonds. The Hall–Kier alpha value is -6.94. The van der Waals surface area contributed by atoms with Gasteiger partial charge in [-0.3, -0.25) is 19.4 Å². The van der Waals surface area contributed by atoms with Gasteiger partial charge in [0.1, 0.15) is 63.1 Å². The van der Waals surface area contributed by atoms with E-state index < -0.39 is 111 Å². The third-order valence-electron chi connectivity index (χ3n) is 11.8. The number of fused-ring (bicyclic) bond motifs is 3. The quantitative estimate of drug-likeness (QED) is 0.0586. The first-order chi connectivity index (χ1) is 31.8. The van der Waals surface area contributed by atoms with Crippen molar-refractivity contribution in [1.29, 1.82) is 0 Å². The summed E-state index contributed by atoms with van der Waals surface area (Å²) < 4.78 is 40.8. The highest BCUT2D eigenvalue weighted by Gasteiger charge is 2.41. The maximum atomic E-state index is 14.5. The van der Waals surface area contributed by atoms with Crippen LogP contribution >= 0.6 is 0 Å². The van der Waals surface area contributed by atoms with E-state index in [1.165, 1.54) is 20.3 Å². The molecule has 8 rings (SSSR count). The van der Waals surface area contributed by atoms with Crippen molar-refractivity contribution in [1.82, 2.24) is 0 Å². The summed E-state index contributed by atoms with van der Waals surface area (Å²) in [5.74, 6) is -4.67. The van der Waals surface area contributed by atoms with Gasteiger partial charge in [-0.05, 0) is 68.0 Å². The second-order valence-corrected chi connectivity index (χ2v) is 16.9. The van der Waals surface area contributed by atoms with Gasteiger partial charge >= 0.3 is 0 Å². The number of phenolic OH excluding ortho intramolecular Hbond substituents is 4. The maximum absolute atomic E-state index is 14.5. The van der Waals surface area contributed by atoms with Crippen LogP contribution in [0.5, 0.6) is 57.5 Å². The second-order valence-electron chi connectivity index (χ2n) is 16.9.